The molecule has 2 aliphatic rings. The summed E-state index contributed by atoms with van der Waals surface area (Å²) in [6.45, 7) is 0. The average molecular weight is 517 g/mol. The number of hydrogen-bond donors (Lipinski definition) is 0. The monoisotopic (exact) mass is 516 g/mol. The van der Waals surface area contributed by atoms with Gasteiger partial charge in [-0.1, -0.05) is 60.7 Å². The van der Waals surface area contributed by atoms with E-state index in [0.717, 1.165) is 76.8 Å². The maximum Gasteiger partial charge on any atom is 0.194 e. The van der Waals surface area contributed by atoms with Crippen LogP contribution in [0.15, 0.2) is 84.9 Å². The second-order valence-electron chi connectivity index (χ2n) is 10.6. The third kappa shape index (κ3) is 2.35. The van der Waals surface area contributed by atoms with Gasteiger partial charge < -0.3 is 9.47 Å². The van der Waals surface area contributed by atoms with Crippen LogP contribution in [0.25, 0.3) is 65.3 Å². The van der Waals surface area contributed by atoms with E-state index in [1.807, 2.05) is 72.8 Å². The van der Waals surface area contributed by atoms with Gasteiger partial charge in [0.2, 0.25) is 0 Å². The molecule has 0 aliphatic heterocycles. The van der Waals surface area contributed by atoms with E-state index in [1.54, 1.807) is 14.2 Å². The van der Waals surface area contributed by atoms with E-state index < -0.39 is 0 Å². The molecule has 0 saturated heterocycles. The third-order valence-corrected chi connectivity index (χ3v) is 8.88. The number of methoxy groups -OCH3 is 2. The zero-order valence-electron chi connectivity index (χ0n) is 21.7. The molecule has 0 fully saturated rings. The highest BCUT2D eigenvalue weighted by Gasteiger charge is 2.33. The predicted molar refractivity (Wildman–Crippen MR) is 158 cm³/mol. The molecule has 0 amide bonds. The molecule has 0 bridgehead atoms. The normalized spacial score (nSPS) is 13.3. The van der Waals surface area contributed by atoms with Gasteiger partial charge in [0, 0.05) is 54.6 Å². The van der Waals surface area contributed by atoms with Crippen LogP contribution in [0, 0.1) is 0 Å². The second kappa shape index (κ2) is 7.25. The van der Waals surface area contributed by atoms with Gasteiger partial charge in [-0.05, 0) is 57.3 Å². The van der Waals surface area contributed by atoms with E-state index in [4.69, 9.17) is 9.47 Å². The molecule has 7 aromatic carbocycles. The van der Waals surface area contributed by atoms with Crippen molar-refractivity contribution in [2.45, 2.75) is 0 Å². The molecular formula is C36H20O4. The van der Waals surface area contributed by atoms with Gasteiger partial charge in [-0.3, -0.25) is 9.59 Å². The topological polar surface area (TPSA) is 52.6 Å². The molecule has 0 radical (unpaired) electrons. The van der Waals surface area contributed by atoms with Crippen LogP contribution in [-0.2, 0) is 0 Å². The Morgan fingerprint density at radius 3 is 1.20 bits per heavy atom. The molecule has 0 unspecified atom stereocenters. The summed E-state index contributed by atoms with van der Waals surface area (Å²) in [5.41, 5.74) is 6.56. The molecule has 0 N–H and O–H groups in total. The Kier molecular flexibility index (Phi) is 3.93. The van der Waals surface area contributed by atoms with Gasteiger partial charge >= 0.3 is 0 Å². The molecule has 40 heavy (non-hydrogen) atoms. The van der Waals surface area contributed by atoms with Gasteiger partial charge in [-0.2, -0.15) is 0 Å². The molecule has 7 aromatic rings. The van der Waals surface area contributed by atoms with Crippen molar-refractivity contribution in [2.24, 2.45) is 0 Å². The van der Waals surface area contributed by atoms with E-state index in [0.29, 0.717) is 22.3 Å². The molecular weight excluding hydrogens is 496 g/mol. The molecule has 4 heteroatoms. The van der Waals surface area contributed by atoms with Crippen LogP contribution in [0.2, 0.25) is 0 Å². The minimum absolute atomic E-state index is 0.0241. The second-order valence-corrected chi connectivity index (χ2v) is 10.6. The summed E-state index contributed by atoms with van der Waals surface area (Å²) in [6.07, 6.45) is 0. The number of carbonyl (C=O) groups is 2. The summed E-state index contributed by atoms with van der Waals surface area (Å²) in [6, 6.07) is 27.6. The maximum atomic E-state index is 13.7. The van der Waals surface area contributed by atoms with Crippen LogP contribution in [-0.4, -0.2) is 25.8 Å². The van der Waals surface area contributed by atoms with Gasteiger partial charge in [0.1, 0.15) is 11.5 Å². The first-order valence-electron chi connectivity index (χ1n) is 13.3. The number of ketones is 2. The Hall–Kier alpha value is -5.22. The zero-order valence-corrected chi connectivity index (χ0v) is 21.7. The van der Waals surface area contributed by atoms with Crippen molar-refractivity contribution in [3.05, 3.63) is 107 Å². The standard InChI is InChI=1S/C36H20O4/c1-39-27-15-25-17-7-3-5-9-19(17)35(37)23-14-12-22-32-28(40-2)16-26-18-8-4-6-10-20(18)36(38)24-13-11-21(34(32)30(24)26)31(27)33(22)29(23)25/h3-16H,1-2H3. The molecule has 2 aliphatic carbocycles. The Balaban J connectivity index is 1.59. The van der Waals surface area contributed by atoms with Gasteiger partial charge in [0.25, 0.3) is 0 Å². The average Bonchev–Trinajstić information content (AvgIpc) is 3.01. The van der Waals surface area contributed by atoms with E-state index in [2.05, 4.69) is 12.1 Å². The summed E-state index contributed by atoms with van der Waals surface area (Å²) in [4.78, 5) is 27.5. The highest BCUT2D eigenvalue weighted by molar-refractivity contribution is 6.43. The van der Waals surface area contributed by atoms with E-state index in [9.17, 15) is 9.59 Å². The molecule has 0 aromatic heterocycles. The molecule has 188 valence electrons. The minimum Gasteiger partial charge on any atom is -0.496 e. The number of fused-ring (bicyclic) bond motifs is 6. The first-order valence-corrected chi connectivity index (χ1v) is 13.3. The third-order valence-electron chi connectivity index (χ3n) is 8.88. The number of ether oxygens (including phenoxy) is 2. The Morgan fingerprint density at radius 1 is 0.400 bits per heavy atom. The van der Waals surface area contributed by atoms with Gasteiger partial charge in [0.15, 0.2) is 11.6 Å². The summed E-state index contributed by atoms with van der Waals surface area (Å²) >= 11 is 0. The van der Waals surface area contributed by atoms with Crippen molar-refractivity contribution in [1.29, 1.82) is 0 Å². The lowest BCUT2D eigenvalue weighted by atomic mass is 9.76. The SMILES string of the molecule is COc1cc2c3c(ccc4c5c(OC)cc6c7c(ccc(c1c34)c75)C(=O)c1ccccc1-6)C(=O)c1ccccc1-2. The number of hydrogen-bond acceptors (Lipinski definition) is 4. The first kappa shape index (κ1) is 21.7. The maximum absolute atomic E-state index is 13.7. The number of carbonyl (C=O) groups excluding carboxylic acids is 2. The van der Waals surface area contributed by atoms with Crippen LogP contribution in [0.3, 0.4) is 0 Å². The fourth-order valence-electron chi connectivity index (χ4n) is 7.28. The lowest BCUT2D eigenvalue weighted by molar-refractivity contribution is 0.103. The Labute approximate surface area is 228 Å². The van der Waals surface area contributed by atoms with Crippen LogP contribution in [0.1, 0.15) is 31.8 Å². The van der Waals surface area contributed by atoms with Crippen LogP contribution < -0.4 is 9.47 Å². The van der Waals surface area contributed by atoms with Crippen LogP contribution in [0.5, 0.6) is 11.5 Å². The van der Waals surface area contributed by atoms with Gasteiger partial charge in [0.05, 0.1) is 14.2 Å². The number of benzene rings is 7. The number of rotatable bonds is 2. The van der Waals surface area contributed by atoms with Crippen molar-refractivity contribution >= 4 is 54.7 Å². The van der Waals surface area contributed by atoms with Crippen molar-refractivity contribution in [3.8, 4) is 33.8 Å². The summed E-state index contributed by atoms with van der Waals surface area (Å²) in [7, 11) is 3.38. The lowest BCUT2D eigenvalue weighted by Gasteiger charge is -2.27. The zero-order chi connectivity index (χ0) is 26.9. The van der Waals surface area contributed by atoms with Crippen LogP contribution >= 0.6 is 0 Å². The largest absolute Gasteiger partial charge is 0.496 e. The van der Waals surface area contributed by atoms with Crippen molar-refractivity contribution in [1.82, 2.24) is 0 Å². The van der Waals surface area contributed by atoms with Gasteiger partial charge in [-0.25, -0.2) is 0 Å². The minimum atomic E-state index is 0.0241. The Bertz CT molecular complexity index is 2160. The highest BCUT2D eigenvalue weighted by atomic mass is 16.5. The van der Waals surface area contributed by atoms with Crippen molar-refractivity contribution in [2.75, 3.05) is 14.2 Å². The first-order chi connectivity index (χ1) is 19.6. The molecule has 0 saturated carbocycles. The van der Waals surface area contributed by atoms with Gasteiger partial charge in [-0.15, -0.1) is 0 Å². The molecule has 4 nitrogen and oxygen atoms in total. The lowest BCUT2D eigenvalue weighted by Crippen LogP contribution is -2.12. The molecule has 0 spiro atoms. The van der Waals surface area contributed by atoms with E-state index in [1.165, 1.54) is 0 Å². The smallest absolute Gasteiger partial charge is 0.194 e. The molecule has 0 atom stereocenters. The van der Waals surface area contributed by atoms with Crippen molar-refractivity contribution < 1.29 is 19.1 Å². The summed E-state index contributed by atoms with van der Waals surface area (Å²) < 4.78 is 12.2. The quantitative estimate of drug-likeness (QED) is 0.172. The highest BCUT2D eigenvalue weighted by Crippen LogP contribution is 2.54. The fourth-order valence-corrected chi connectivity index (χ4v) is 7.28. The summed E-state index contributed by atoms with van der Waals surface area (Å²) in [5, 5.41) is 7.64. The summed E-state index contributed by atoms with van der Waals surface area (Å²) in [5.74, 6) is 1.52. The van der Waals surface area contributed by atoms with E-state index in [-0.39, 0.29) is 11.6 Å². The molecule has 9 rings (SSSR count). The predicted octanol–water partition coefficient (Wildman–Crippen LogP) is 8.18. The Morgan fingerprint density at radius 2 is 0.800 bits per heavy atom. The fraction of sp³-hybridized carbons (Fsp3) is 0.0556. The molecule has 0 heterocycles. The van der Waals surface area contributed by atoms with E-state index >= 15 is 0 Å². The van der Waals surface area contributed by atoms with Crippen LogP contribution in [0.4, 0.5) is 0 Å². The van der Waals surface area contributed by atoms with Crippen molar-refractivity contribution in [3.63, 3.8) is 0 Å².